The third kappa shape index (κ3) is 5.17. The molecule has 0 aliphatic rings. The number of amides is 2. The first-order valence-electron chi connectivity index (χ1n) is 9.14. The molecule has 0 aromatic heterocycles. The Morgan fingerprint density at radius 1 is 1.04 bits per heavy atom. The fraction of sp³-hybridized carbons (Fsp3) is 0.364. The number of nitrogens with one attached hydrogen (secondary N) is 1. The summed E-state index contributed by atoms with van der Waals surface area (Å²) in [7, 11) is 1.72. The van der Waals surface area contributed by atoms with E-state index in [-0.39, 0.29) is 30.4 Å². The standard InChI is InChI=1S/C22H28N2O3/c1-14(2)22(27)24(5)20-11-18(17-8-6-15(3)7-9-17)10-19(12-20)21(26)23-16(4)13-25/h6-12,14,16,25H,13H2,1-5H3,(H,23,26). The molecule has 5 heteroatoms. The predicted octanol–water partition coefficient (Wildman–Crippen LogP) is 3.39. The number of nitrogens with zero attached hydrogens (tertiary/aromatic N) is 1. The Labute approximate surface area is 161 Å². The van der Waals surface area contributed by atoms with E-state index >= 15 is 0 Å². The molecule has 0 fully saturated rings. The zero-order chi connectivity index (χ0) is 20.1. The third-order valence-electron chi connectivity index (χ3n) is 4.43. The van der Waals surface area contributed by atoms with E-state index in [9.17, 15) is 14.7 Å². The predicted molar refractivity (Wildman–Crippen MR) is 109 cm³/mol. The van der Waals surface area contributed by atoms with E-state index in [1.54, 1.807) is 31.0 Å². The lowest BCUT2D eigenvalue weighted by molar-refractivity contribution is -0.121. The van der Waals surface area contributed by atoms with Gasteiger partial charge >= 0.3 is 0 Å². The molecule has 1 atom stereocenters. The average molecular weight is 368 g/mol. The van der Waals surface area contributed by atoms with Crippen LogP contribution in [0.5, 0.6) is 0 Å². The van der Waals surface area contributed by atoms with Gasteiger partial charge in [-0.1, -0.05) is 43.7 Å². The second kappa shape index (κ2) is 8.82. The van der Waals surface area contributed by atoms with Crippen LogP contribution in [0.1, 0.15) is 36.7 Å². The maximum atomic E-state index is 12.6. The summed E-state index contributed by atoms with van der Waals surface area (Å²) in [4.78, 5) is 26.6. The van der Waals surface area contributed by atoms with Crippen LogP contribution in [0.15, 0.2) is 42.5 Å². The van der Waals surface area contributed by atoms with Gasteiger partial charge in [-0.25, -0.2) is 0 Å². The molecule has 27 heavy (non-hydrogen) atoms. The Hall–Kier alpha value is -2.66. The monoisotopic (exact) mass is 368 g/mol. The minimum atomic E-state index is -0.348. The second-order valence-corrected chi connectivity index (χ2v) is 7.24. The van der Waals surface area contributed by atoms with Gasteiger partial charge in [0.25, 0.3) is 5.91 Å². The van der Waals surface area contributed by atoms with Crippen molar-refractivity contribution in [2.24, 2.45) is 5.92 Å². The number of hydrogen-bond donors (Lipinski definition) is 2. The Kier molecular flexibility index (Phi) is 6.75. The summed E-state index contributed by atoms with van der Waals surface area (Å²) in [5.41, 5.74) is 4.09. The van der Waals surface area contributed by atoms with Gasteiger partial charge < -0.3 is 15.3 Å². The van der Waals surface area contributed by atoms with Gasteiger partial charge in [0.2, 0.25) is 5.91 Å². The van der Waals surface area contributed by atoms with E-state index in [4.69, 9.17) is 0 Å². The molecule has 0 spiro atoms. The normalized spacial score (nSPS) is 12.0. The molecule has 2 aromatic carbocycles. The van der Waals surface area contributed by atoms with Gasteiger partial charge in [-0.15, -0.1) is 0 Å². The Morgan fingerprint density at radius 3 is 2.22 bits per heavy atom. The summed E-state index contributed by atoms with van der Waals surface area (Å²) in [6.07, 6.45) is 0. The van der Waals surface area contributed by atoms with Crippen LogP contribution in [0.4, 0.5) is 5.69 Å². The molecule has 2 aromatic rings. The Morgan fingerprint density at radius 2 is 1.67 bits per heavy atom. The van der Waals surface area contributed by atoms with E-state index in [1.165, 1.54) is 0 Å². The lowest BCUT2D eigenvalue weighted by atomic mass is 10.00. The van der Waals surface area contributed by atoms with Gasteiger partial charge in [0.15, 0.2) is 0 Å². The number of aliphatic hydroxyl groups is 1. The molecule has 2 N–H and O–H groups in total. The van der Waals surface area contributed by atoms with E-state index in [1.807, 2.05) is 51.1 Å². The summed E-state index contributed by atoms with van der Waals surface area (Å²) in [5.74, 6) is -0.451. The third-order valence-corrected chi connectivity index (χ3v) is 4.43. The minimum absolute atomic E-state index is 0.0221. The SMILES string of the molecule is Cc1ccc(-c2cc(C(=O)NC(C)CO)cc(N(C)C(=O)C(C)C)c2)cc1. The maximum absolute atomic E-state index is 12.6. The molecular formula is C22H28N2O3. The highest BCUT2D eigenvalue weighted by molar-refractivity contribution is 6.00. The van der Waals surface area contributed by atoms with Crippen LogP contribution in [0.25, 0.3) is 11.1 Å². The van der Waals surface area contributed by atoms with Crippen LogP contribution < -0.4 is 10.2 Å². The molecule has 1 unspecified atom stereocenters. The summed E-state index contributed by atoms with van der Waals surface area (Å²) in [5, 5.41) is 12.0. The minimum Gasteiger partial charge on any atom is -0.394 e. The highest BCUT2D eigenvalue weighted by atomic mass is 16.3. The molecular weight excluding hydrogens is 340 g/mol. The van der Waals surface area contributed by atoms with E-state index in [0.29, 0.717) is 11.3 Å². The van der Waals surface area contributed by atoms with Crippen LogP contribution in [-0.2, 0) is 4.79 Å². The number of benzene rings is 2. The van der Waals surface area contributed by atoms with Crippen molar-refractivity contribution >= 4 is 17.5 Å². The number of rotatable bonds is 6. The molecule has 0 aliphatic heterocycles. The average Bonchev–Trinajstić information content (AvgIpc) is 2.66. The number of anilines is 1. The molecule has 0 radical (unpaired) electrons. The second-order valence-electron chi connectivity index (χ2n) is 7.24. The lowest BCUT2D eigenvalue weighted by Crippen LogP contribution is -2.35. The van der Waals surface area contributed by atoms with Gasteiger partial charge in [0, 0.05) is 30.3 Å². The van der Waals surface area contributed by atoms with Gasteiger partial charge in [0.05, 0.1) is 6.61 Å². The maximum Gasteiger partial charge on any atom is 0.251 e. The Bertz CT molecular complexity index is 813. The quantitative estimate of drug-likeness (QED) is 0.821. The number of hydrogen-bond acceptors (Lipinski definition) is 3. The first-order valence-corrected chi connectivity index (χ1v) is 9.14. The smallest absolute Gasteiger partial charge is 0.251 e. The van der Waals surface area contributed by atoms with Crippen LogP contribution in [-0.4, -0.2) is 36.6 Å². The number of aryl methyl sites for hydroxylation is 1. The molecule has 5 nitrogen and oxygen atoms in total. The van der Waals surface area contributed by atoms with Crippen molar-refractivity contribution in [1.29, 1.82) is 0 Å². The van der Waals surface area contributed by atoms with Crippen molar-refractivity contribution < 1.29 is 14.7 Å². The van der Waals surface area contributed by atoms with E-state index < -0.39 is 0 Å². The van der Waals surface area contributed by atoms with Crippen LogP contribution in [0.3, 0.4) is 0 Å². The van der Waals surface area contributed by atoms with Crippen molar-refractivity contribution in [3.05, 3.63) is 53.6 Å². The van der Waals surface area contributed by atoms with Crippen molar-refractivity contribution in [1.82, 2.24) is 5.32 Å². The lowest BCUT2D eigenvalue weighted by Gasteiger charge is -2.22. The Balaban J connectivity index is 2.51. The zero-order valence-electron chi connectivity index (χ0n) is 16.6. The number of aliphatic hydroxyl groups excluding tert-OH is 1. The summed E-state index contributed by atoms with van der Waals surface area (Å²) in [6.45, 7) is 7.31. The molecule has 0 heterocycles. The molecule has 0 aliphatic carbocycles. The van der Waals surface area contributed by atoms with E-state index in [2.05, 4.69) is 5.32 Å². The van der Waals surface area contributed by atoms with Crippen molar-refractivity contribution in [3.8, 4) is 11.1 Å². The zero-order valence-corrected chi connectivity index (χ0v) is 16.6. The largest absolute Gasteiger partial charge is 0.394 e. The highest BCUT2D eigenvalue weighted by Gasteiger charge is 2.18. The fourth-order valence-corrected chi connectivity index (χ4v) is 2.72. The summed E-state index contributed by atoms with van der Waals surface area (Å²) >= 11 is 0. The van der Waals surface area contributed by atoms with Gasteiger partial charge in [-0.2, -0.15) is 0 Å². The van der Waals surface area contributed by atoms with Crippen LogP contribution in [0, 0.1) is 12.8 Å². The molecule has 2 rings (SSSR count). The van der Waals surface area contributed by atoms with Crippen LogP contribution >= 0.6 is 0 Å². The van der Waals surface area contributed by atoms with Crippen molar-refractivity contribution in [3.63, 3.8) is 0 Å². The van der Waals surface area contributed by atoms with Gasteiger partial charge in [-0.3, -0.25) is 9.59 Å². The molecule has 0 saturated carbocycles. The highest BCUT2D eigenvalue weighted by Crippen LogP contribution is 2.28. The van der Waals surface area contributed by atoms with Gasteiger partial charge in [0.1, 0.15) is 0 Å². The fourth-order valence-electron chi connectivity index (χ4n) is 2.72. The van der Waals surface area contributed by atoms with Gasteiger partial charge in [-0.05, 0) is 43.2 Å². The molecule has 0 bridgehead atoms. The summed E-state index contributed by atoms with van der Waals surface area (Å²) in [6, 6.07) is 13.1. The van der Waals surface area contributed by atoms with Crippen LogP contribution in [0.2, 0.25) is 0 Å². The van der Waals surface area contributed by atoms with E-state index in [0.717, 1.165) is 16.7 Å². The first kappa shape index (κ1) is 20.6. The summed E-state index contributed by atoms with van der Waals surface area (Å²) < 4.78 is 0. The molecule has 144 valence electrons. The molecule has 0 saturated heterocycles. The first-order chi connectivity index (χ1) is 12.7. The number of carbonyl (C=O) groups excluding carboxylic acids is 2. The topological polar surface area (TPSA) is 69.6 Å². The van der Waals surface area contributed by atoms with Crippen molar-refractivity contribution in [2.75, 3.05) is 18.6 Å². The molecule has 2 amide bonds. The number of carbonyl (C=O) groups is 2. The van der Waals surface area contributed by atoms with Crippen molar-refractivity contribution in [2.45, 2.75) is 33.7 Å².